The molecule has 3 nitrogen and oxygen atoms in total. The first-order valence-corrected chi connectivity index (χ1v) is 7.12. The number of hydrogen-bond donors (Lipinski definition) is 1. The van der Waals surface area contributed by atoms with Crippen LogP contribution in [0.2, 0.25) is 0 Å². The van der Waals surface area contributed by atoms with Crippen molar-refractivity contribution in [3.63, 3.8) is 0 Å². The van der Waals surface area contributed by atoms with E-state index >= 15 is 0 Å². The molecule has 0 saturated carbocycles. The Balaban J connectivity index is 2.32. The van der Waals surface area contributed by atoms with E-state index in [1.54, 1.807) is 6.07 Å². The number of halogens is 1. The van der Waals surface area contributed by atoms with Crippen LogP contribution in [-0.4, -0.2) is 16.1 Å². The van der Waals surface area contributed by atoms with Crippen LogP contribution < -0.4 is 0 Å². The van der Waals surface area contributed by atoms with Crippen LogP contribution in [0.25, 0.3) is 22.0 Å². The number of hydrogen-bond acceptors (Lipinski definition) is 2. The van der Waals surface area contributed by atoms with Gasteiger partial charge in [0.15, 0.2) is 0 Å². The van der Waals surface area contributed by atoms with E-state index in [1.807, 2.05) is 48.5 Å². The Labute approximate surface area is 129 Å². The molecule has 1 aromatic heterocycles. The molecule has 0 bridgehead atoms. The Kier molecular flexibility index (Phi) is 3.40. The van der Waals surface area contributed by atoms with E-state index in [4.69, 9.17) is 0 Å². The van der Waals surface area contributed by atoms with Gasteiger partial charge < -0.3 is 5.11 Å². The summed E-state index contributed by atoms with van der Waals surface area (Å²) in [5.74, 6) is -1.01. The van der Waals surface area contributed by atoms with E-state index in [9.17, 15) is 9.90 Å². The number of rotatable bonds is 2. The number of aromatic nitrogens is 1. The molecule has 20 heavy (non-hydrogen) atoms. The number of carboxylic acid groups (broad SMARTS) is 1. The van der Waals surface area contributed by atoms with Gasteiger partial charge >= 0.3 is 5.97 Å². The number of carboxylic acids is 1. The van der Waals surface area contributed by atoms with Gasteiger partial charge in [0.1, 0.15) is 5.69 Å². The third-order valence-corrected chi connectivity index (χ3v) is 3.80. The van der Waals surface area contributed by atoms with E-state index in [0.29, 0.717) is 5.69 Å². The SMILES string of the molecule is O=C(O)c1cc2ccccc2c(-c2ccc(I)cc2)n1. The van der Waals surface area contributed by atoms with Gasteiger partial charge in [-0.15, -0.1) is 0 Å². The molecule has 2 aromatic carbocycles. The van der Waals surface area contributed by atoms with Gasteiger partial charge in [-0.05, 0) is 46.2 Å². The second-order valence-electron chi connectivity index (χ2n) is 4.39. The van der Waals surface area contributed by atoms with E-state index in [2.05, 4.69) is 27.6 Å². The summed E-state index contributed by atoms with van der Waals surface area (Å²) in [5, 5.41) is 11.0. The Hall–Kier alpha value is -1.95. The third kappa shape index (κ3) is 2.38. The minimum absolute atomic E-state index is 0.0669. The van der Waals surface area contributed by atoms with Gasteiger partial charge in [-0.25, -0.2) is 9.78 Å². The van der Waals surface area contributed by atoms with Crippen molar-refractivity contribution in [3.8, 4) is 11.3 Å². The molecule has 0 unspecified atom stereocenters. The number of nitrogens with zero attached hydrogens (tertiary/aromatic N) is 1. The summed E-state index contributed by atoms with van der Waals surface area (Å²) in [7, 11) is 0. The van der Waals surface area contributed by atoms with Crippen LogP contribution in [0, 0.1) is 3.57 Å². The third-order valence-electron chi connectivity index (χ3n) is 3.08. The summed E-state index contributed by atoms with van der Waals surface area (Å²) in [5.41, 5.74) is 1.69. The highest BCUT2D eigenvalue weighted by atomic mass is 127. The maximum atomic E-state index is 11.2. The first-order valence-electron chi connectivity index (χ1n) is 6.04. The van der Waals surface area contributed by atoms with E-state index < -0.39 is 5.97 Å². The Morgan fingerprint density at radius 1 is 1.05 bits per heavy atom. The van der Waals surface area contributed by atoms with Crippen LogP contribution >= 0.6 is 22.6 Å². The van der Waals surface area contributed by atoms with Crippen LogP contribution in [0.3, 0.4) is 0 Å². The molecular formula is C16H10INO2. The van der Waals surface area contributed by atoms with Crippen molar-refractivity contribution in [2.75, 3.05) is 0 Å². The van der Waals surface area contributed by atoms with Crippen molar-refractivity contribution in [3.05, 3.63) is 63.9 Å². The summed E-state index contributed by atoms with van der Waals surface area (Å²) in [6.07, 6.45) is 0. The van der Waals surface area contributed by atoms with Crippen molar-refractivity contribution in [1.82, 2.24) is 4.98 Å². The van der Waals surface area contributed by atoms with Crippen LogP contribution in [0.5, 0.6) is 0 Å². The molecule has 0 fully saturated rings. The maximum absolute atomic E-state index is 11.2. The molecule has 98 valence electrons. The van der Waals surface area contributed by atoms with Crippen LogP contribution in [-0.2, 0) is 0 Å². The molecular weight excluding hydrogens is 365 g/mol. The minimum atomic E-state index is -1.01. The monoisotopic (exact) mass is 375 g/mol. The smallest absolute Gasteiger partial charge is 0.354 e. The summed E-state index contributed by atoms with van der Waals surface area (Å²) in [6.45, 7) is 0. The number of benzene rings is 2. The lowest BCUT2D eigenvalue weighted by Crippen LogP contribution is -2.01. The van der Waals surface area contributed by atoms with E-state index in [0.717, 1.165) is 19.9 Å². The van der Waals surface area contributed by atoms with Crippen molar-refractivity contribution in [2.45, 2.75) is 0 Å². The summed E-state index contributed by atoms with van der Waals surface area (Å²) in [4.78, 5) is 15.5. The van der Waals surface area contributed by atoms with Gasteiger partial charge in [0.05, 0.1) is 5.69 Å². The lowest BCUT2D eigenvalue weighted by atomic mass is 10.0. The molecule has 0 aliphatic heterocycles. The van der Waals surface area contributed by atoms with Gasteiger partial charge in [-0.1, -0.05) is 36.4 Å². The number of fused-ring (bicyclic) bond motifs is 1. The topological polar surface area (TPSA) is 50.2 Å². The second-order valence-corrected chi connectivity index (χ2v) is 5.63. The zero-order chi connectivity index (χ0) is 14.1. The highest BCUT2D eigenvalue weighted by Gasteiger charge is 2.12. The van der Waals surface area contributed by atoms with Gasteiger partial charge in [0.2, 0.25) is 0 Å². The van der Waals surface area contributed by atoms with E-state index in [1.165, 1.54) is 0 Å². The predicted molar refractivity (Wildman–Crippen MR) is 86.9 cm³/mol. The number of aromatic carboxylic acids is 1. The fourth-order valence-electron chi connectivity index (χ4n) is 2.14. The molecule has 0 aliphatic rings. The van der Waals surface area contributed by atoms with Crippen molar-refractivity contribution < 1.29 is 9.90 Å². The molecule has 0 radical (unpaired) electrons. The lowest BCUT2D eigenvalue weighted by molar-refractivity contribution is 0.0691. The van der Waals surface area contributed by atoms with Crippen molar-refractivity contribution in [1.29, 1.82) is 0 Å². The van der Waals surface area contributed by atoms with E-state index in [-0.39, 0.29) is 5.69 Å². The highest BCUT2D eigenvalue weighted by Crippen LogP contribution is 2.28. The summed E-state index contributed by atoms with van der Waals surface area (Å²) < 4.78 is 1.13. The van der Waals surface area contributed by atoms with Crippen LogP contribution in [0.4, 0.5) is 0 Å². The van der Waals surface area contributed by atoms with Gasteiger partial charge in [0.25, 0.3) is 0 Å². The van der Waals surface area contributed by atoms with Crippen LogP contribution in [0.15, 0.2) is 54.6 Å². The zero-order valence-electron chi connectivity index (χ0n) is 10.4. The summed E-state index contributed by atoms with van der Waals surface area (Å²) in [6, 6.07) is 17.2. The minimum Gasteiger partial charge on any atom is -0.477 e. The van der Waals surface area contributed by atoms with Crippen molar-refractivity contribution >= 4 is 39.3 Å². The largest absolute Gasteiger partial charge is 0.477 e. The lowest BCUT2D eigenvalue weighted by Gasteiger charge is -2.08. The average Bonchev–Trinajstić information content (AvgIpc) is 2.47. The molecule has 1 N–H and O–H groups in total. The second kappa shape index (κ2) is 5.20. The molecule has 3 aromatic rings. The molecule has 0 amide bonds. The Morgan fingerprint density at radius 3 is 2.45 bits per heavy atom. The number of carbonyl (C=O) groups is 1. The van der Waals surface area contributed by atoms with Crippen LogP contribution in [0.1, 0.15) is 10.5 Å². The molecule has 0 atom stereocenters. The molecule has 0 spiro atoms. The molecule has 0 aliphatic carbocycles. The predicted octanol–water partition coefficient (Wildman–Crippen LogP) is 4.20. The fraction of sp³-hybridized carbons (Fsp3) is 0. The molecule has 3 rings (SSSR count). The first kappa shape index (κ1) is 13.1. The normalized spacial score (nSPS) is 10.7. The highest BCUT2D eigenvalue weighted by molar-refractivity contribution is 14.1. The quantitative estimate of drug-likeness (QED) is 0.683. The Bertz CT molecular complexity index is 797. The Morgan fingerprint density at radius 2 is 1.75 bits per heavy atom. The van der Waals surface area contributed by atoms with Crippen molar-refractivity contribution in [2.24, 2.45) is 0 Å². The molecule has 0 saturated heterocycles. The first-order chi connectivity index (χ1) is 9.65. The maximum Gasteiger partial charge on any atom is 0.354 e. The summed E-state index contributed by atoms with van der Waals surface area (Å²) >= 11 is 2.24. The van der Waals surface area contributed by atoms with Gasteiger partial charge in [-0.3, -0.25) is 0 Å². The fourth-order valence-corrected chi connectivity index (χ4v) is 2.50. The number of pyridine rings is 1. The average molecular weight is 375 g/mol. The van der Waals surface area contributed by atoms with Gasteiger partial charge in [-0.2, -0.15) is 0 Å². The molecule has 1 heterocycles. The zero-order valence-corrected chi connectivity index (χ0v) is 12.5. The standard InChI is InChI=1S/C16H10INO2/c17-12-7-5-10(6-8-12)15-13-4-2-1-3-11(13)9-14(18-15)16(19)20/h1-9H,(H,19,20). The van der Waals surface area contributed by atoms with Gasteiger partial charge in [0, 0.05) is 14.5 Å². The molecule has 4 heteroatoms.